The molecule has 0 saturated carbocycles. The molecule has 0 radical (unpaired) electrons. The summed E-state index contributed by atoms with van der Waals surface area (Å²) in [5.41, 5.74) is 0. The Morgan fingerprint density at radius 1 is 0.633 bits per heavy atom. The summed E-state index contributed by atoms with van der Waals surface area (Å²) in [6.07, 6.45) is 0. The number of rotatable bonds is 0. The summed E-state index contributed by atoms with van der Waals surface area (Å²) >= 11 is 14.8. The Bertz CT molecular complexity index is 683. The van der Waals surface area contributed by atoms with Crippen molar-refractivity contribution in [2.75, 3.05) is 46.0 Å². The van der Waals surface area contributed by atoms with Gasteiger partial charge in [0.25, 0.3) is 0 Å². The second kappa shape index (κ2) is 17.3. The Morgan fingerprint density at radius 3 is 1.40 bits per heavy atom. The third-order valence-electron chi connectivity index (χ3n) is 3.66. The van der Waals surface area contributed by atoms with Crippen molar-refractivity contribution in [1.29, 1.82) is 0 Å². The standard InChI is InChI=1S/C10H14S4.C8H10S4.3ClH.Fe/c1-7-9-10(8(2)14-7)13-6-4-11-3-5-12-9;1-3-11-7-5-10-6-8(7)12-4-2-9-1;;;;/h3-6H2,1-2H3;5-6H,1-4H2;3*1H;/q;;;;;+3/p-3. The maximum absolute atomic E-state index is 4.89. The van der Waals surface area contributed by atoms with Crippen LogP contribution < -0.4 is 0 Å². The van der Waals surface area contributed by atoms with E-state index in [4.69, 9.17) is 30.3 Å². The summed E-state index contributed by atoms with van der Waals surface area (Å²) in [5.74, 6) is 10.3. The molecule has 4 heterocycles. The molecule has 0 N–H and O–H groups in total. The summed E-state index contributed by atoms with van der Waals surface area (Å²) < 4.78 is 0. The second-order valence-electron chi connectivity index (χ2n) is 5.74. The van der Waals surface area contributed by atoms with Gasteiger partial charge < -0.3 is 0 Å². The molecule has 2 aliphatic heterocycles. The van der Waals surface area contributed by atoms with E-state index in [1.807, 2.05) is 46.2 Å². The van der Waals surface area contributed by atoms with Crippen molar-refractivity contribution in [2.45, 2.75) is 33.4 Å². The zero-order chi connectivity index (χ0) is 21.8. The van der Waals surface area contributed by atoms with Crippen LogP contribution in [0.25, 0.3) is 0 Å². The van der Waals surface area contributed by atoms with E-state index in [0.29, 0.717) is 0 Å². The molecule has 12 heteroatoms. The van der Waals surface area contributed by atoms with Crippen molar-refractivity contribution >= 4 is 124 Å². The Kier molecular flexibility index (Phi) is 16.8. The smallest absolute Gasteiger partial charge is 0.0315 e. The zero-order valence-corrected chi connectivity index (χ0v) is 26.5. The summed E-state index contributed by atoms with van der Waals surface area (Å²) in [6.45, 7) is 4.52. The summed E-state index contributed by atoms with van der Waals surface area (Å²) in [5, 5.41) is 4.56. The van der Waals surface area contributed by atoms with Gasteiger partial charge in [-0.1, -0.05) is 0 Å². The van der Waals surface area contributed by atoms with E-state index in [9.17, 15) is 0 Å². The molecule has 30 heavy (non-hydrogen) atoms. The molecule has 2 aliphatic rings. The molecule has 0 bridgehead atoms. The second-order valence-corrected chi connectivity index (χ2v) is 20.3. The maximum Gasteiger partial charge on any atom is 0.0315 e. The SMILES string of the molecule is Cc1sc(C)c2c1SCCSCCS2.[Cl][Fe]([Cl])[Cl].c1scc2c1SCCSCCS2. The van der Waals surface area contributed by atoms with E-state index in [0.717, 1.165) is 0 Å². The van der Waals surface area contributed by atoms with Gasteiger partial charge in [-0.25, -0.2) is 0 Å². The van der Waals surface area contributed by atoms with Gasteiger partial charge in [0.1, 0.15) is 0 Å². The topological polar surface area (TPSA) is 0 Å². The Hall–Kier alpha value is 2.89. The first-order valence-electron chi connectivity index (χ1n) is 8.98. The van der Waals surface area contributed by atoms with E-state index in [-0.39, 0.29) is 0 Å². The van der Waals surface area contributed by atoms with Crippen molar-refractivity contribution in [2.24, 2.45) is 0 Å². The first-order chi connectivity index (χ1) is 14.5. The van der Waals surface area contributed by atoms with Crippen LogP contribution >= 0.6 is 124 Å². The molecule has 0 saturated heterocycles. The number of hydrogen-bond donors (Lipinski definition) is 0. The quantitative estimate of drug-likeness (QED) is 0.257. The van der Waals surface area contributed by atoms with Crippen molar-refractivity contribution in [3.63, 3.8) is 0 Å². The molecule has 173 valence electrons. The third-order valence-corrected chi connectivity index (χ3v) is 13.8. The molecule has 0 amide bonds. The van der Waals surface area contributed by atoms with Gasteiger partial charge in [0.15, 0.2) is 0 Å². The molecule has 0 unspecified atom stereocenters. The molecule has 0 aliphatic carbocycles. The van der Waals surface area contributed by atoms with Crippen LogP contribution in [0.1, 0.15) is 9.75 Å². The van der Waals surface area contributed by atoms with Gasteiger partial charge >= 0.3 is 41.5 Å². The van der Waals surface area contributed by atoms with Gasteiger partial charge in [0.2, 0.25) is 0 Å². The van der Waals surface area contributed by atoms with Crippen LogP contribution in [0.3, 0.4) is 0 Å². The Morgan fingerprint density at radius 2 is 1.00 bits per heavy atom. The third kappa shape index (κ3) is 11.5. The molecule has 0 aromatic carbocycles. The van der Waals surface area contributed by atoms with E-state index in [1.54, 1.807) is 9.79 Å². The first kappa shape index (κ1) is 29.1. The minimum absolute atomic E-state index is 1.27. The predicted octanol–water partition coefficient (Wildman–Crippen LogP) is 10.0. The number of thioether (sulfide) groups is 6. The number of halogens is 3. The van der Waals surface area contributed by atoms with Crippen LogP contribution in [0.5, 0.6) is 0 Å². The first-order valence-corrected chi connectivity index (χ1v) is 21.6. The van der Waals surface area contributed by atoms with E-state index in [1.165, 1.54) is 65.6 Å². The van der Waals surface area contributed by atoms with Crippen LogP contribution in [0, 0.1) is 13.8 Å². The number of thiophene rings is 2. The minimum atomic E-state index is -1.33. The zero-order valence-electron chi connectivity index (χ0n) is 16.6. The van der Waals surface area contributed by atoms with E-state index >= 15 is 0 Å². The van der Waals surface area contributed by atoms with Crippen molar-refractivity contribution < 1.29 is 11.2 Å². The molecule has 0 fully saturated rings. The molecule has 0 spiro atoms. The fraction of sp³-hybridized carbons (Fsp3) is 0.556. The fourth-order valence-electron chi connectivity index (χ4n) is 2.49. The van der Waals surface area contributed by atoms with Crippen LogP contribution in [0.15, 0.2) is 30.3 Å². The Balaban J connectivity index is 0.000000183. The number of fused-ring (bicyclic) bond motifs is 2. The van der Waals surface area contributed by atoms with E-state index < -0.39 is 11.2 Å². The monoisotopic (exact) mass is 657 g/mol. The molecular formula is C18H24Cl3FeS8. The number of aryl methyl sites for hydroxylation is 2. The van der Waals surface area contributed by atoms with Crippen LogP contribution in [-0.4, -0.2) is 46.0 Å². The van der Waals surface area contributed by atoms with Gasteiger partial charge in [0.05, 0.1) is 0 Å². The van der Waals surface area contributed by atoms with Gasteiger partial charge in [0, 0.05) is 86.1 Å². The van der Waals surface area contributed by atoms with Crippen LogP contribution in [-0.2, 0) is 11.2 Å². The van der Waals surface area contributed by atoms with Gasteiger partial charge in [-0.3, -0.25) is 0 Å². The van der Waals surface area contributed by atoms with Crippen molar-refractivity contribution in [3.8, 4) is 0 Å². The average molecular weight is 659 g/mol. The number of hydrogen-bond acceptors (Lipinski definition) is 8. The van der Waals surface area contributed by atoms with Crippen LogP contribution in [0.2, 0.25) is 0 Å². The molecule has 2 aromatic rings. The van der Waals surface area contributed by atoms with Gasteiger partial charge in [-0.05, 0) is 13.8 Å². The maximum atomic E-state index is 4.89. The van der Waals surface area contributed by atoms with Crippen molar-refractivity contribution in [1.82, 2.24) is 0 Å². The molecule has 0 nitrogen and oxygen atoms in total. The predicted molar refractivity (Wildman–Crippen MR) is 153 cm³/mol. The fourth-order valence-corrected chi connectivity index (χ4v) is 12.2. The Labute approximate surface area is 231 Å². The molecular weight excluding hydrogens is 635 g/mol. The van der Waals surface area contributed by atoms with Gasteiger partial charge in [-0.15, -0.1) is 58.4 Å². The average Bonchev–Trinajstić information content (AvgIpc) is 3.28. The molecule has 0 atom stereocenters. The summed E-state index contributed by atoms with van der Waals surface area (Å²) in [4.78, 5) is 9.18. The molecule has 4 rings (SSSR count). The van der Waals surface area contributed by atoms with Crippen molar-refractivity contribution in [3.05, 3.63) is 20.5 Å². The molecule has 2 aromatic heterocycles. The normalized spacial score (nSPS) is 17.6. The van der Waals surface area contributed by atoms with E-state index in [2.05, 4.69) is 71.7 Å². The summed E-state index contributed by atoms with van der Waals surface area (Å²) in [7, 11) is 14.7. The van der Waals surface area contributed by atoms with Gasteiger partial charge in [-0.2, -0.15) is 34.9 Å². The minimum Gasteiger partial charge on any atom is -0.160 e. The van der Waals surface area contributed by atoms with Crippen LogP contribution in [0.4, 0.5) is 0 Å². The largest absolute Gasteiger partial charge is 0.160 e. The summed E-state index contributed by atoms with van der Waals surface area (Å²) in [6, 6.07) is 0.